The molecule has 1 atom stereocenters. The molecule has 2 rings (SSSR count). The van der Waals surface area contributed by atoms with Gasteiger partial charge in [-0.25, -0.2) is 0 Å². The molecule has 2 heterocycles. The van der Waals surface area contributed by atoms with Crippen molar-refractivity contribution in [1.82, 2.24) is 25.3 Å². The lowest BCUT2D eigenvalue weighted by Crippen LogP contribution is -2.22. The summed E-state index contributed by atoms with van der Waals surface area (Å²) in [6.45, 7) is 2.13. The van der Waals surface area contributed by atoms with E-state index in [1.165, 1.54) is 11.1 Å². The Morgan fingerprint density at radius 2 is 2.24 bits per heavy atom. The standard InChI is InChI=1S/C12H17N5/c1-4-9-7-14-6-5-10(9)12(13-2)11-8-15-16-17(11)3/h5-8,12-13H,4H2,1-3H3. The van der Waals surface area contributed by atoms with Crippen LogP contribution in [0.25, 0.3) is 0 Å². The Morgan fingerprint density at radius 1 is 1.41 bits per heavy atom. The van der Waals surface area contributed by atoms with Crippen molar-refractivity contribution in [3.63, 3.8) is 0 Å². The third-order valence-electron chi connectivity index (χ3n) is 2.97. The van der Waals surface area contributed by atoms with Gasteiger partial charge in [-0.1, -0.05) is 12.1 Å². The largest absolute Gasteiger partial charge is 0.308 e. The minimum absolute atomic E-state index is 0.105. The van der Waals surface area contributed by atoms with Gasteiger partial charge in [-0.3, -0.25) is 9.67 Å². The van der Waals surface area contributed by atoms with Gasteiger partial charge in [0.15, 0.2) is 0 Å². The van der Waals surface area contributed by atoms with Gasteiger partial charge in [0.1, 0.15) is 0 Å². The molecule has 0 radical (unpaired) electrons. The summed E-state index contributed by atoms with van der Waals surface area (Å²) in [6.07, 6.45) is 6.50. The number of aromatic nitrogens is 4. The molecule has 0 aromatic carbocycles. The highest BCUT2D eigenvalue weighted by Gasteiger charge is 2.18. The molecule has 0 aliphatic heterocycles. The van der Waals surface area contributed by atoms with Crippen LogP contribution in [0.4, 0.5) is 0 Å². The average Bonchev–Trinajstić information content (AvgIpc) is 2.78. The second-order valence-electron chi connectivity index (χ2n) is 3.93. The third-order valence-corrected chi connectivity index (χ3v) is 2.97. The van der Waals surface area contributed by atoms with E-state index >= 15 is 0 Å². The van der Waals surface area contributed by atoms with Gasteiger partial charge in [-0.15, -0.1) is 5.10 Å². The van der Waals surface area contributed by atoms with Gasteiger partial charge in [-0.2, -0.15) is 0 Å². The molecule has 90 valence electrons. The maximum Gasteiger partial charge on any atom is 0.0798 e. The molecule has 0 fully saturated rings. The molecule has 0 aliphatic rings. The summed E-state index contributed by atoms with van der Waals surface area (Å²) in [4.78, 5) is 4.17. The summed E-state index contributed by atoms with van der Waals surface area (Å²) in [7, 11) is 3.84. The van der Waals surface area contributed by atoms with Crippen molar-refractivity contribution in [3.05, 3.63) is 41.5 Å². The van der Waals surface area contributed by atoms with Gasteiger partial charge < -0.3 is 5.32 Å². The Kier molecular flexibility index (Phi) is 3.49. The molecule has 0 aliphatic carbocycles. The second kappa shape index (κ2) is 5.05. The second-order valence-corrected chi connectivity index (χ2v) is 3.93. The molecule has 5 heteroatoms. The van der Waals surface area contributed by atoms with Crippen molar-refractivity contribution in [2.24, 2.45) is 7.05 Å². The zero-order chi connectivity index (χ0) is 12.3. The number of aryl methyl sites for hydroxylation is 2. The molecule has 0 spiro atoms. The van der Waals surface area contributed by atoms with Crippen LogP contribution in [0, 0.1) is 0 Å². The topological polar surface area (TPSA) is 55.6 Å². The van der Waals surface area contributed by atoms with Crippen molar-refractivity contribution in [1.29, 1.82) is 0 Å². The van der Waals surface area contributed by atoms with Crippen molar-refractivity contribution in [2.45, 2.75) is 19.4 Å². The number of hydrogen-bond donors (Lipinski definition) is 1. The number of hydrogen-bond acceptors (Lipinski definition) is 4. The van der Waals surface area contributed by atoms with Crippen LogP contribution < -0.4 is 5.32 Å². The number of nitrogens with one attached hydrogen (secondary N) is 1. The Labute approximate surface area is 101 Å². The first kappa shape index (κ1) is 11.7. The molecule has 1 N–H and O–H groups in total. The van der Waals surface area contributed by atoms with E-state index in [1.54, 1.807) is 10.9 Å². The Bertz CT molecular complexity index is 491. The number of rotatable bonds is 4. The molecule has 2 aromatic rings. The molecule has 2 aromatic heterocycles. The molecule has 5 nitrogen and oxygen atoms in total. The van der Waals surface area contributed by atoms with Crippen molar-refractivity contribution >= 4 is 0 Å². The van der Waals surface area contributed by atoms with Crippen LogP contribution in [0.5, 0.6) is 0 Å². The summed E-state index contributed by atoms with van der Waals surface area (Å²) >= 11 is 0. The monoisotopic (exact) mass is 231 g/mol. The van der Waals surface area contributed by atoms with E-state index in [0.717, 1.165) is 12.1 Å². The zero-order valence-electron chi connectivity index (χ0n) is 10.4. The van der Waals surface area contributed by atoms with Gasteiger partial charge in [0, 0.05) is 19.4 Å². The molecule has 0 saturated heterocycles. The normalized spacial score (nSPS) is 12.6. The summed E-state index contributed by atoms with van der Waals surface area (Å²) in [6, 6.07) is 2.15. The molecule has 17 heavy (non-hydrogen) atoms. The van der Waals surface area contributed by atoms with E-state index in [4.69, 9.17) is 0 Å². The maximum atomic E-state index is 4.17. The van der Waals surface area contributed by atoms with E-state index in [9.17, 15) is 0 Å². The van der Waals surface area contributed by atoms with Crippen LogP contribution in [-0.4, -0.2) is 27.0 Å². The first-order valence-corrected chi connectivity index (χ1v) is 5.72. The fourth-order valence-corrected chi connectivity index (χ4v) is 2.04. The highest BCUT2D eigenvalue weighted by Crippen LogP contribution is 2.23. The van der Waals surface area contributed by atoms with E-state index in [-0.39, 0.29) is 6.04 Å². The minimum atomic E-state index is 0.105. The highest BCUT2D eigenvalue weighted by atomic mass is 15.4. The first-order chi connectivity index (χ1) is 8.27. The van der Waals surface area contributed by atoms with E-state index in [0.29, 0.717) is 0 Å². The summed E-state index contributed by atoms with van der Waals surface area (Å²) in [5.41, 5.74) is 3.52. The predicted molar refractivity (Wildman–Crippen MR) is 65.5 cm³/mol. The lowest BCUT2D eigenvalue weighted by molar-refractivity contribution is 0.594. The molecule has 0 saturated carbocycles. The fraction of sp³-hybridized carbons (Fsp3) is 0.417. The average molecular weight is 231 g/mol. The van der Waals surface area contributed by atoms with E-state index in [1.807, 2.05) is 32.6 Å². The molecular formula is C12H17N5. The fourth-order valence-electron chi connectivity index (χ4n) is 2.04. The summed E-state index contributed by atoms with van der Waals surface area (Å²) < 4.78 is 1.79. The maximum absolute atomic E-state index is 4.17. The highest BCUT2D eigenvalue weighted by molar-refractivity contribution is 5.32. The Morgan fingerprint density at radius 3 is 2.82 bits per heavy atom. The molecule has 0 amide bonds. The Balaban J connectivity index is 2.46. The van der Waals surface area contributed by atoms with Crippen molar-refractivity contribution in [2.75, 3.05) is 7.05 Å². The van der Waals surface area contributed by atoms with Crippen LogP contribution in [0.15, 0.2) is 24.7 Å². The smallest absolute Gasteiger partial charge is 0.0798 e. The Hall–Kier alpha value is -1.75. The summed E-state index contributed by atoms with van der Waals surface area (Å²) in [5.74, 6) is 0. The van der Waals surface area contributed by atoms with Gasteiger partial charge in [0.25, 0.3) is 0 Å². The van der Waals surface area contributed by atoms with Crippen LogP contribution in [0.3, 0.4) is 0 Å². The van der Waals surface area contributed by atoms with Crippen molar-refractivity contribution in [3.8, 4) is 0 Å². The molecular weight excluding hydrogens is 214 g/mol. The predicted octanol–water partition coefficient (Wildman–Crippen LogP) is 1.08. The molecule has 1 unspecified atom stereocenters. The third kappa shape index (κ3) is 2.19. The SMILES string of the molecule is CCc1cnccc1C(NC)c1cnnn1C. The lowest BCUT2D eigenvalue weighted by atomic mass is 9.99. The number of nitrogens with zero attached hydrogens (tertiary/aromatic N) is 4. The van der Waals surface area contributed by atoms with Gasteiger partial charge >= 0.3 is 0 Å². The quantitative estimate of drug-likeness (QED) is 0.855. The van der Waals surface area contributed by atoms with Crippen LogP contribution in [-0.2, 0) is 13.5 Å². The van der Waals surface area contributed by atoms with Crippen LogP contribution in [0.1, 0.15) is 29.8 Å². The molecule has 0 bridgehead atoms. The minimum Gasteiger partial charge on any atom is -0.308 e. The van der Waals surface area contributed by atoms with E-state index in [2.05, 4.69) is 27.5 Å². The summed E-state index contributed by atoms with van der Waals surface area (Å²) in [5, 5.41) is 11.2. The first-order valence-electron chi connectivity index (χ1n) is 5.72. The van der Waals surface area contributed by atoms with Gasteiger partial charge in [-0.05, 0) is 30.7 Å². The lowest BCUT2D eigenvalue weighted by Gasteiger charge is -2.18. The number of pyridine rings is 1. The van der Waals surface area contributed by atoms with E-state index < -0.39 is 0 Å². The van der Waals surface area contributed by atoms with Crippen LogP contribution in [0.2, 0.25) is 0 Å². The zero-order valence-corrected chi connectivity index (χ0v) is 10.4. The van der Waals surface area contributed by atoms with Crippen LogP contribution >= 0.6 is 0 Å². The van der Waals surface area contributed by atoms with Crippen molar-refractivity contribution < 1.29 is 0 Å². The van der Waals surface area contributed by atoms with Gasteiger partial charge in [0.05, 0.1) is 17.9 Å². The van der Waals surface area contributed by atoms with Gasteiger partial charge in [0.2, 0.25) is 0 Å².